The Morgan fingerprint density at radius 1 is 0.674 bits per heavy atom. The van der Waals surface area contributed by atoms with E-state index in [0.29, 0.717) is 6.42 Å². The number of carbonyl (C=O) groups excluding carboxylic acids is 1. The van der Waals surface area contributed by atoms with Crippen LogP contribution in [-0.2, 0) is 15.1 Å². The molecule has 0 bridgehead atoms. The molecule has 1 aliphatic carbocycles. The fraction of sp³-hybridized carbons (Fsp3) is 0.225. The Morgan fingerprint density at radius 3 is 1.65 bits per heavy atom. The first kappa shape index (κ1) is 30.9. The molecule has 1 aliphatic rings. The summed E-state index contributed by atoms with van der Waals surface area (Å²) in [7, 11) is 3.31. The molecule has 0 aliphatic heterocycles. The summed E-state index contributed by atoms with van der Waals surface area (Å²) in [5, 5.41) is 3.08. The molecule has 1 amide bonds. The van der Waals surface area contributed by atoms with Gasteiger partial charge < -0.3 is 24.3 Å². The fourth-order valence-corrected chi connectivity index (χ4v) is 6.37. The molecule has 6 nitrogen and oxygen atoms in total. The molecule has 0 heterocycles. The number of benzene rings is 5. The molecule has 0 spiro atoms. The molecule has 0 radical (unpaired) electrons. The highest BCUT2D eigenvalue weighted by Gasteiger charge is 2.38. The molecule has 0 saturated heterocycles. The maximum Gasteiger partial charge on any atom is 0.407 e. The van der Waals surface area contributed by atoms with Crippen LogP contribution in [0, 0.1) is 0 Å². The number of rotatable bonds is 12. The van der Waals surface area contributed by atoms with Crippen LogP contribution in [0.3, 0.4) is 0 Å². The van der Waals surface area contributed by atoms with Gasteiger partial charge in [0.1, 0.15) is 23.7 Å². The first-order valence-electron chi connectivity index (χ1n) is 15.7. The Morgan fingerprint density at radius 2 is 1.15 bits per heavy atom. The predicted molar refractivity (Wildman–Crippen MR) is 181 cm³/mol. The van der Waals surface area contributed by atoms with Crippen molar-refractivity contribution in [1.82, 2.24) is 5.32 Å². The van der Waals surface area contributed by atoms with Gasteiger partial charge >= 0.3 is 6.09 Å². The average Bonchev–Trinajstić information content (AvgIpc) is 3.44. The lowest BCUT2D eigenvalue weighted by Gasteiger charge is -2.37. The molecule has 1 unspecified atom stereocenters. The smallest absolute Gasteiger partial charge is 0.407 e. The molecule has 0 saturated carbocycles. The van der Waals surface area contributed by atoms with E-state index in [9.17, 15) is 4.79 Å². The van der Waals surface area contributed by atoms with Crippen molar-refractivity contribution in [3.8, 4) is 22.6 Å². The van der Waals surface area contributed by atoms with Crippen molar-refractivity contribution < 1.29 is 23.7 Å². The van der Waals surface area contributed by atoms with Gasteiger partial charge in [-0.25, -0.2) is 4.79 Å². The van der Waals surface area contributed by atoms with Crippen molar-refractivity contribution in [2.75, 3.05) is 27.4 Å². The molecule has 234 valence electrons. The number of hydrogen-bond donors (Lipinski definition) is 1. The van der Waals surface area contributed by atoms with Crippen molar-refractivity contribution >= 4 is 6.09 Å². The van der Waals surface area contributed by atoms with Crippen LogP contribution in [0.2, 0.25) is 0 Å². The minimum Gasteiger partial charge on any atom is -0.497 e. The third-order valence-corrected chi connectivity index (χ3v) is 8.83. The van der Waals surface area contributed by atoms with E-state index < -0.39 is 11.7 Å². The van der Waals surface area contributed by atoms with E-state index in [4.69, 9.17) is 18.9 Å². The highest BCUT2D eigenvalue weighted by molar-refractivity contribution is 5.79. The van der Waals surface area contributed by atoms with Crippen LogP contribution in [0.5, 0.6) is 11.5 Å². The van der Waals surface area contributed by atoms with Gasteiger partial charge in [0.15, 0.2) is 0 Å². The lowest BCUT2D eigenvalue weighted by atomic mass is 9.80. The normalized spacial score (nSPS) is 12.9. The monoisotopic (exact) mass is 613 g/mol. The van der Waals surface area contributed by atoms with E-state index in [1.807, 2.05) is 97.9 Å². The van der Waals surface area contributed by atoms with Gasteiger partial charge in [-0.15, -0.1) is 0 Å². The predicted octanol–water partition coefficient (Wildman–Crippen LogP) is 8.33. The molecular formula is C40H39NO5. The summed E-state index contributed by atoms with van der Waals surface area (Å²) in [4.78, 5) is 13.3. The van der Waals surface area contributed by atoms with Crippen molar-refractivity contribution in [1.29, 1.82) is 0 Å². The Bertz CT molecular complexity index is 1660. The summed E-state index contributed by atoms with van der Waals surface area (Å²) in [5.41, 5.74) is 6.60. The Balaban J connectivity index is 1.24. The van der Waals surface area contributed by atoms with Crippen molar-refractivity contribution in [3.63, 3.8) is 0 Å². The third kappa shape index (κ3) is 6.09. The quantitative estimate of drug-likeness (QED) is 0.143. The number of alkyl carbamates (subject to hydrolysis) is 1. The van der Waals surface area contributed by atoms with Crippen LogP contribution < -0.4 is 14.8 Å². The standard InChI is InChI=1S/C40H39NO5/c1-4-31(41-39(42)45-27-38-36-16-10-8-14-34(36)35-15-9-11-17-37(35)38)26-46-40(28-12-6-5-7-13-28,29-18-22-32(43-2)23-19-29)30-20-24-33(44-3)25-21-30/h5-25,31,38H,4,26-27H2,1-3H3,(H,41,42). The lowest BCUT2D eigenvalue weighted by molar-refractivity contribution is -0.000798. The van der Waals surface area contributed by atoms with Gasteiger partial charge in [0.05, 0.1) is 26.9 Å². The van der Waals surface area contributed by atoms with Gasteiger partial charge in [-0.05, 0) is 69.6 Å². The van der Waals surface area contributed by atoms with Gasteiger partial charge in [0, 0.05) is 5.92 Å². The summed E-state index contributed by atoms with van der Waals surface area (Å²) in [5.74, 6) is 1.50. The third-order valence-electron chi connectivity index (χ3n) is 8.83. The number of ether oxygens (including phenoxy) is 4. The maximum absolute atomic E-state index is 13.3. The highest BCUT2D eigenvalue weighted by Crippen LogP contribution is 2.45. The van der Waals surface area contributed by atoms with E-state index in [2.05, 4.69) is 41.7 Å². The second-order valence-corrected chi connectivity index (χ2v) is 11.4. The minimum atomic E-state index is -0.976. The first-order chi connectivity index (χ1) is 22.6. The Kier molecular flexibility index (Phi) is 9.36. The molecule has 6 rings (SSSR count). The summed E-state index contributed by atoms with van der Waals surface area (Å²) < 4.78 is 23.8. The number of methoxy groups -OCH3 is 2. The van der Waals surface area contributed by atoms with Gasteiger partial charge in [0.2, 0.25) is 0 Å². The Hall–Kier alpha value is -5.07. The highest BCUT2D eigenvalue weighted by atomic mass is 16.5. The van der Waals surface area contributed by atoms with Crippen LogP contribution >= 0.6 is 0 Å². The summed E-state index contributed by atoms with van der Waals surface area (Å²) in [6.45, 7) is 2.53. The topological polar surface area (TPSA) is 66.0 Å². The fourth-order valence-electron chi connectivity index (χ4n) is 6.37. The van der Waals surface area contributed by atoms with Crippen LogP contribution in [0.1, 0.15) is 47.1 Å². The first-order valence-corrected chi connectivity index (χ1v) is 15.7. The zero-order valence-electron chi connectivity index (χ0n) is 26.4. The Labute approximate surface area is 270 Å². The van der Waals surface area contributed by atoms with E-state index in [1.165, 1.54) is 22.3 Å². The molecular weight excluding hydrogens is 574 g/mol. The molecule has 0 aromatic heterocycles. The lowest BCUT2D eigenvalue weighted by Crippen LogP contribution is -2.42. The summed E-state index contributed by atoms with van der Waals surface area (Å²) in [6, 6.07) is 42.3. The second-order valence-electron chi connectivity index (χ2n) is 11.4. The van der Waals surface area contributed by atoms with Crippen molar-refractivity contribution in [3.05, 3.63) is 155 Å². The van der Waals surface area contributed by atoms with Crippen molar-refractivity contribution in [2.24, 2.45) is 0 Å². The largest absolute Gasteiger partial charge is 0.497 e. The number of nitrogens with one attached hydrogen (secondary N) is 1. The van der Waals surface area contributed by atoms with Crippen LogP contribution in [0.15, 0.2) is 127 Å². The van der Waals surface area contributed by atoms with E-state index >= 15 is 0 Å². The molecule has 46 heavy (non-hydrogen) atoms. The number of fused-ring (bicyclic) bond motifs is 3. The van der Waals surface area contributed by atoms with E-state index in [0.717, 1.165) is 28.2 Å². The van der Waals surface area contributed by atoms with E-state index in [-0.39, 0.29) is 25.2 Å². The van der Waals surface area contributed by atoms with Crippen molar-refractivity contribution in [2.45, 2.75) is 30.9 Å². The molecule has 0 fully saturated rings. The van der Waals surface area contributed by atoms with Gasteiger partial charge in [-0.2, -0.15) is 0 Å². The van der Waals surface area contributed by atoms with Crippen LogP contribution in [0.25, 0.3) is 11.1 Å². The zero-order chi connectivity index (χ0) is 31.9. The second kappa shape index (κ2) is 13.9. The van der Waals surface area contributed by atoms with Gasteiger partial charge in [-0.3, -0.25) is 0 Å². The molecule has 6 heteroatoms. The van der Waals surface area contributed by atoms with Gasteiger partial charge in [0.25, 0.3) is 0 Å². The van der Waals surface area contributed by atoms with Gasteiger partial charge in [-0.1, -0.05) is 110 Å². The zero-order valence-corrected chi connectivity index (χ0v) is 26.4. The van der Waals surface area contributed by atoms with Crippen LogP contribution in [0.4, 0.5) is 4.79 Å². The minimum absolute atomic E-state index is 0.00893. The average molecular weight is 614 g/mol. The summed E-state index contributed by atoms with van der Waals surface area (Å²) >= 11 is 0. The van der Waals surface area contributed by atoms with Crippen LogP contribution in [-0.4, -0.2) is 39.6 Å². The molecule has 1 N–H and O–H groups in total. The number of carbonyl (C=O) groups is 1. The molecule has 1 atom stereocenters. The maximum atomic E-state index is 13.3. The molecule has 5 aromatic rings. The molecule has 5 aromatic carbocycles. The van der Waals surface area contributed by atoms with E-state index in [1.54, 1.807) is 14.2 Å². The number of hydrogen-bond acceptors (Lipinski definition) is 5. The number of amides is 1. The SMILES string of the molecule is CCC(COC(c1ccccc1)(c1ccc(OC)cc1)c1ccc(OC)cc1)NC(=O)OCC1c2ccccc2-c2ccccc21. The summed E-state index contributed by atoms with van der Waals surface area (Å²) in [6.07, 6.45) is 0.192.